The van der Waals surface area contributed by atoms with Crippen LogP contribution in [-0.4, -0.2) is 27.6 Å². The van der Waals surface area contributed by atoms with Crippen LogP contribution in [-0.2, 0) is 4.79 Å². The first-order valence-electron chi connectivity index (χ1n) is 11.3. The van der Waals surface area contributed by atoms with Gasteiger partial charge in [-0.15, -0.1) is 0 Å². The third-order valence-corrected chi connectivity index (χ3v) is 6.28. The third-order valence-electron chi connectivity index (χ3n) is 6.28. The minimum atomic E-state index is -0.782. The monoisotopic (exact) mass is 450 g/mol. The summed E-state index contributed by atoms with van der Waals surface area (Å²) in [7, 11) is 0. The number of rotatable bonds is 4. The lowest BCUT2D eigenvalue weighted by molar-refractivity contribution is -0.118. The molecule has 4 aromatic rings. The maximum Gasteiger partial charge on any atom is 0.251 e. The predicted molar refractivity (Wildman–Crippen MR) is 132 cm³/mol. The maximum absolute atomic E-state index is 13.5. The van der Waals surface area contributed by atoms with Gasteiger partial charge in [0.25, 0.3) is 5.91 Å². The van der Waals surface area contributed by atoms with E-state index in [1.54, 1.807) is 10.7 Å². The molecular formula is C28H26N4O2. The topological polar surface area (TPSA) is 76.0 Å². The number of benzene rings is 3. The molecule has 5 rings (SSSR count). The molecule has 1 aliphatic heterocycles. The summed E-state index contributed by atoms with van der Waals surface area (Å²) in [6, 6.07) is 24.4. The molecular weight excluding hydrogens is 424 g/mol. The Morgan fingerprint density at radius 3 is 2.35 bits per heavy atom. The van der Waals surface area contributed by atoms with Gasteiger partial charge in [-0.25, -0.2) is 4.68 Å². The number of carbonyl (C=O) groups is 2. The van der Waals surface area contributed by atoms with E-state index >= 15 is 0 Å². The molecule has 34 heavy (non-hydrogen) atoms. The quantitative estimate of drug-likeness (QED) is 0.474. The molecule has 3 aromatic carbocycles. The number of fused-ring (bicyclic) bond motifs is 1. The second kappa shape index (κ2) is 8.63. The number of amides is 2. The number of hydrogen-bond donors (Lipinski definition) is 2. The van der Waals surface area contributed by atoms with Crippen molar-refractivity contribution < 1.29 is 9.59 Å². The number of nitrogens with one attached hydrogen (secondary N) is 2. The molecule has 1 aliphatic rings. The molecule has 2 atom stereocenters. The molecule has 0 aliphatic carbocycles. The van der Waals surface area contributed by atoms with Gasteiger partial charge in [-0.05, 0) is 50.6 Å². The molecule has 2 N–H and O–H groups in total. The zero-order valence-electron chi connectivity index (χ0n) is 19.4. The van der Waals surface area contributed by atoms with Gasteiger partial charge in [0.1, 0.15) is 11.9 Å². The van der Waals surface area contributed by atoms with Gasteiger partial charge >= 0.3 is 0 Å². The normalized spacial score (nSPS) is 17.1. The summed E-state index contributed by atoms with van der Waals surface area (Å²) in [6.45, 7) is 5.90. The van der Waals surface area contributed by atoms with E-state index in [2.05, 4.69) is 10.6 Å². The standard InChI is InChI=1S/C28H26N4O2/c1-17-12-14-20(15-13-17)24-23-19(3)31-32(22-10-5-4-6-11-22)26(23)30-28(34)25(24)29-27(33)21-9-7-8-18(2)16-21/h4-16,24-25H,1-3H3,(H,29,33)(H,30,34)/t24-,25+/m0/s1. The van der Waals surface area contributed by atoms with Crippen LogP contribution in [0.2, 0.25) is 0 Å². The summed E-state index contributed by atoms with van der Waals surface area (Å²) in [6.07, 6.45) is 0. The predicted octanol–water partition coefficient (Wildman–Crippen LogP) is 4.68. The molecule has 0 saturated heterocycles. The number of aromatic nitrogens is 2. The largest absolute Gasteiger partial charge is 0.339 e. The van der Waals surface area contributed by atoms with Crippen LogP contribution in [0.1, 0.15) is 44.2 Å². The maximum atomic E-state index is 13.5. The van der Waals surface area contributed by atoms with E-state index in [4.69, 9.17) is 5.10 Å². The second-order valence-electron chi connectivity index (χ2n) is 8.79. The van der Waals surface area contributed by atoms with Crippen molar-refractivity contribution in [2.45, 2.75) is 32.7 Å². The number of aryl methyl sites for hydroxylation is 3. The highest BCUT2D eigenvalue weighted by atomic mass is 16.2. The van der Waals surface area contributed by atoms with E-state index in [0.717, 1.165) is 33.6 Å². The zero-order chi connectivity index (χ0) is 23.8. The summed E-state index contributed by atoms with van der Waals surface area (Å²) in [5, 5.41) is 10.8. The minimum Gasteiger partial charge on any atom is -0.339 e. The van der Waals surface area contributed by atoms with Crippen molar-refractivity contribution in [3.63, 3.8) is 0 Å². The Labute approximate surface area is 198 Å². The van der Waals surface area contributed by atoms with Gasteiger partial charge in [0.2, 0.25) is 5.91 Å². The first-order chi connectivity index (χ1) is 16.4. The number of para-hydroxylation sites is 1. The van der Waals surface area contributed by atoms with Crippen LogP contribution >= 0.6 is 0 Å². The van der Waals surface area contributed by atoms with Gasteiger partial charge in [0.15, 0.2) is 0 Å². The fourth-order valence-electron chi connectivity index (χ4n) is 4.59. The fraction of sp³-hybridized carbons (Fsp3) is 0.179. The van der Waals surface area contributed by atoms with Gasteiger partial charge in [-0.1, -0.05) is 65.7 Å². The lowest BCUT2D eigenvalue weighted by Crippen LogP contribution is -2.50. The van der Waals surface area contributed by atoms with E-state index in [-0.39, 0.29) is 17.7 Å². The highest BCUT2D eigenvalue weighted by molar-refractivity contribution is 6.04. The van der Waals surface area contributed by atoms with Crippen LogP contribution < -0.4 is 10.6 Å². The summed E-state index contributed by atoms with van der Waals surface area (Å²) in [4.78, 5) is 26.6. The van der Waals surface area contributed by atoms with Crippen molar-refractivity contribution >= 4 is 17.6 Å². The highest BCUT2D eigenvalue weighted by Crippen LogP contribution is 2.40. The second-order valence-corrected chi connectivity index (χ2v) is 8.79. The number of hydrogen-bond acceptors (Lipinski definition) is 3. The lowest BCUT2D eigenvalue weighted by atomic mass is 9.81. The Morgan fingerprint density at radius 2 is 1.65 bits per heavy atom. The molecule has 170 valence electrons. The van der Waals surface area contributed by atoms with E-state index in [1.807, 2.05) is 93.6 Å². The van der Waals surface area contributed by atoms with Crippen molar-refractivity contribution in [3.05, 3.63) is 112 Å². The first-order valence-corrected chi connectivity index (χ1v) is 11.3. The van der Waals surface area contributed by atoms with Crippen LogP contribution in [0.3, 0.4) is 0 Å². The fourth-order valence-corrected chi connectivity index (χ4v) is 4.59. The molecule has 6 heteroatoms. The number of nitrogens with zero attached hydrogens (tertiary/aromatic N) is 2. The summed E-state index contributed by atoms with van der Waals surface area (Å²) in [5.41, 5.74) is 6.16. The Morgan fingerprint density at radius 1 is 0.912 bits per heavy atom. The molecule has 1 aromatic heterocycles. The van der Waals surface area contributed by atoms with Gasteiger partial charge in [-0.3, -0.25) is 9.59 Å². The molecule has 0 fully saturated rings. The third kappa shape index (κ3) is 3.88. The van der Waals surface area contributed by atoms with E-state index in [1.165, 1.54) is 0 Å². The average molecular weight is 451 g/mol. The summed E-state index contributed by atoms with van der Waals surface area (Å²) in [5.74, 6) is -0.287. The van der Waals surface area contributed by atoms with Crippen LogP contribution in [0.25, 0.3) is 5.69 Å². The zero-order valence-corrected chi connectivity index (χ0v) is 19.4. The van der Waals surface area contributed by atoms with Crippen LogP contribution in [0, 0.1) is 20.8 Å². The Kier molecular flexibility index (Phi) is 5.49. The van der Waals surface area contributed by atoms with Crippen LogP contribution in [0.15, 0.2) is 78.9 Å². The van der Waals surface area contributed by atoms with Crippen molar-refractivity contribution in [2.75, 3.05) is 5.32 Å². The lowest BCUT2D eigenvalue weighted by Gasteiger charge is -2.33. The summed E-state index contributed by atoms with van der Waals surface area (Å²) >= 11 is 0. The Bertz CT molecular complexity index is 1370. The molecule has 0 spiro atoms. The Balaban J connectivity index is 1.62. The van der Waals surface area contributed by atoms with Gasteiger partial charge in [0.05, 0.1) is 11.4 Å². The first kappa shape index (κ1) is 21.6. The smallest absolute Gasteiger partial charge is 0.251 e. The minimum absolute atomic E-state index is 0.267. The van der Waals surface area contributed by atoms with E-state index in [9.17, 15) is 9.59 Å². The molecule has 0 unspecified atom stereocenters. The molecule has 0 saturated carbocycles. The van der Waals surface area contributed by atoms with Crippen LogP contribution in [0.5, 0.6) is 0 Å². The SMILES string of the molecule is Cc1ccc([C@H]2c3c(C)nn(-c4ccccc4)c3NC(=O)[C@@H]2NC(=O)c2cccc(C)c2)cc1. The van der Waals surface area contributed by atoms with Crippen molar-refractivity contribution in [2.24, 2.45) is 0 Å². The Hall–Kier alpha value is -4.19. The van der Waals surface area contributed by atoms with Crippen LogP contribution in [0.4, 0.5) is 5.82 Å². The van der Waals surface area contributed by atoms with E-state index < -0.39 is 6.04 Å². The van der Waals surface area contributed by atoms with E-state index in [0.29, 0.717) is 11.4 Å². The highest BCUT2D eigenvalue weighted by Gasteiger charge is 2.41. The molecule has 0 bridgehead atoms. The molecule has 2 heterocycles. The van der Waals surface area contributed by atoms with Crippen molar-refractivity contribution in [1.82, 2.24) is 15.1 Å². The van der Waals surface area contributed by atoms with Crippen molar-refractivity contribution in [1.29, 1.82) is 0 Å². The van der Waals surface area contributed by atoms with Gasteiger partial charge < -0.3 is 10.6 Å². The average Bonchev–Trinajstić information content (AvgIpc) is 3.16. The molecule has 2 amide bonds. The van der Waals surface area contributed by atoms with Gasteiger partial charge in [-0.2, -0.15) is 5.10 Å². The molecule has 0 radical (unpaired) electrons. The van der Waals surface area contributed by atoms with Crippen molar-refractivity contribution in [3.8, 4) is 5.69 Å². The number of anilines is 1. The molecule has 6 nitrogen and oxygen atoms in total. The van der Waals surface area contributed by atoms with Gasteiger partial charge in [0, 0.05) is 17.0 Å². The number of carbonyl (C=O) groups excluding carboxylic acids is 2. The summed E-state index contributed by atoms with van der Waals surface area (Å²) < 4.78 is 1.77.